The molecule has 0 saturated carbocycles. The summed E-state index contributed by atoms with van der Waals surface area (Å²) >= 11 is 0. The smallest absolute Gasteiger partial charge is 0.322 e. The zero-order valence-corrected chi connectivity index (χ0v) is 16.6. The van der Waals surface area contributed by atoms with Gasteiger partial charge in [-0.25, -0.2) is 4.98 Å². The number of imidazole rings is 1. The van der Waals surface area contributed by atoms with Crippen LogP contribution in [0.5, 0.6) is 0 Å². The van der Waals surface area contributed by atoms with Crippen molar-refractivity contribution in [1.29, 1.82) is 0 Å². The van der Waals surface area contributed by atoms with E-state index in [9.17, 15) is 19.2 Å². The lowest BCUT2D eigenvalue weighted by Crippen LogP contribution is -2.57. The van der Waals surface area contributed by atoms with E-state index in [1.807, 2.05) is 0 Å². The molecule has 3 amide bonds. The molecule has 1 aliphatic heterocycles. The minimum atomic E-state index is -1.16. The molecule has 3 atom stereocenters. The molecule has 0 bridgehead atoms. The summed E-state index contributed by atoms with van der Waals surface area (Å²) in [7, 11) is 0. The molecule has 1 saturated heterocycles. The number of nitrogens with two attached hydrogens (primary N) is 1. The second-order valence-corrected chi connectivity index (χ2v) is 7.42. The number of aromatic amines is 1. The second-order valence-electron chi connectivity index (χ2n) is 7.42. The van der Waals surface area contributed by atoms with Crippen LogP contribution < -0.4 is 16.4 Å². The van der Waals surface area contributed by atoms with Gasteiger partial charge in [-0.15, -0.1) is 0 Å². The average Bonchev–Trinajstić information content (AvgIpc) is 3.34. The molecule has 6 N–H and O–H groups in total. The third-order valence-corrected chi connectivity index (χ3v) is 4.81. The summed E-state index contributed by atoms with van der Waals surface area (Å²) in [6.45, 7) is 3.44. The topological polar surface area (TPSA) is 171 Å². The third-order valence-electron chi connectivity index (χ3n) is 4.81. The Morgan fingerprint density at radius 2 is 2.10 bits per heavy atom. The normalized spacial score (nSPS) is 18.3. The zero-order chi connectivity index (χ0) is 21.6. The van der Waals surface area contributed by atoms with Crippen LogP contribution in [0.1, 0.15) is 32.4 Å². The van der Waals surface area contributed by atoms with Gasteiger partial charge in [-0.3, -0.25) is 19.2 Å². The number of carbonyl (C=O) groups is 4. The minimum absolute atomic E-state index is 0.228. The Labute approximate surface area is 168 Å². The van der Waals surface area contributed by atoms with Crippen LogP contribution in [0.3, 0.4) is 0 Å². The summed E-state index contributed by atoms with van der Waals surface area (Å²) in [6.07, 6.45) is 4.37. The van der Waals surface area contributed by atoms with E-state index in [4.69, 9.17) is 10.8 Å². The molecule has 160 valence electrons. The number of nitrogens with zero attached hydrogens (tertiary/aromatic N) is 2. The van der Waals surface area contributed by atoms with Crippen molar-refractivity contribution in [3.63, 3.8) is 0 Å². The van der Waals surface area contributed by atoms with Gasteiger partial charge in [0.05, 0.1) is 12.4 Å². The first-order valence-electron chi connectivity index (χ1n) is 9.54. The fourth-order valence-electron chi connectivity index (χ4n) is 3.26. The SMILES string of the molecule is CC(C)C(NC(=O)C(N)Cc1cnc[nH]1)C(=O)N1CCCC1C(=O)NCC(=O)O. The van der Waals surface area contributed by atoms with E-state index in [1.165, 1.54) is 11.2 Å². The number of carboxylic acid groups (broad SMARTS) is 1. The Bertz CT molecular complexity index is 735. The van der Waals surface area contributed by atoms with E-state index in [2.05, 4.69) is 20.6 Å². The number of H-pyrrole nitrogens is 1. The van der Waals surface area contributed by atoms with E-state index in [0.29, 0.717) is 25.1 Å². The molecule has 11 nitrogen and oxygen atoms in total. The third kappa shape index (κ3) is 6.01. The highest BCUT2D eigenvalue weighted by molar-refractivity contribution is 5.94. The summed E-state index contributed by atoms with van der Waals surface area (Å²) in [4.78, 5) is 56.7. The van der Waals surface area contributed by atoms with Crippen molar-refractivity contribution in [1.82, 2.24) is 25.5 Å². The van der Waals surface area contributed by atoms with E-state index < -0.39 is 42.5 Å². The molecule has 0 aliphatic carbocycles. The monoisotopic (exact) mass is 408 g/mol. The molecule has 0 spiro atoms. The Morgan fingerprint density at radius 3 is 2.69 bits per heavy atom. The number of carboxylic acids is 1. The van der Waals surface area contributed by atoms with E-state index in [1.54, 1.807) is 20.0 Å². The van der Waals surface area contributed by atoms with Gasteiger partial charge in [0.1, 0.15) is 18.6 Å². The fraction of sp³-hybridized carbons (Fsp3) is 0.611. The summed E-state index contributed by atoms with van der Waals surface area (Å²) in [5.41, 5.74) is 6.65. The quantitative estimate of drug-likeness (QED) is 0.335. The van der Waals surface area contributed by atoms with Gasteiger partial charge in [-0.05, 0) is 18.8 Å². The first kappa shape index (κ1) is 22.3. The van der Waals surface area contributed by atoms with Crippen LogP contribution in [-0.4, -0.2) is 74.9 Å². The predicted octanol–water partition coefficient (Wildman–Crippen LogP) is -1.39. The lowest BCUT2D eigenvalue weighted by molar-refractivity contribution is -0.143. The maximum absolute atomic E-state index is 13.1. The number of nitrogens with one attached hydrogen (secondary N) is 3. The van der Waals surface area contributed by atoms with Crippen LogP contribution in [0.15, 0.2) is 12.5 Å². The molecular weight excluding hydrogens is 380 g/mol. The van der Waals surface area contributed by atoms with E-state index in [-0.39, 0.29) is 18.2 Å². The molecular formula is C18H28N6O5. The lowest BCUT2D eigenvalue weighted by atomic mass is 10.0. The number of hydrogen-bond acceptors (Lipinski definition) is 6. The first-order chi connectivity index (χ1) is 13.7. The first-order valence-corrected chi connectivity index (χ1v) is 9.54. The Balaban J connectivity index is 2.02. The molecule has 3 unspecified atom stereocenters. The van der Waals surface area contributed by atoms with Gasteiger partial charge in [-0.1, -0.05) is 13.8 Å². The molecule has 2 rings (SSSR count). The Hall–Kier alpha value is -2.95. The van der Waals surface area contributed by atoms with Gasteiger partial charge in [0.15, 0.2) is 0 Å². The van der Waals surface area contributed by atoms with Crippen molar-refractivity contribution in [2.75, 3.05) is 13.1 Å². The average molecular weight is 408 g/mol. The second kappa shape index (κ2) is 10.0. The maximum Gasteiger partial charge on any atom is 0.322 e. The molecule has 1 aliphatic rings. The zero-order valence-electron chi connectivity index (χ0n) is 16.6. The highest BCUT2D eigenvalue weighted by Crippen LogP contribution is 2.20. The van der Waals surface area contributed by atoms with Gasteiger partial charge in [0.2, 0.25) is 17.7 Å². The van der Waals surface area contributed by atoms with Crippen molar-refractivity contribution in [2.24, 2.45) is 11.7 Å². The summed E-state index contributed by atoms with van der Waals surface area (Å²) in [6, 6.07) is -2.46. The van der Waals surface area contributed by atoms with Crippen LogP contribution in [0.2, 0.25) is 0 Å². The van der Waals surface area contributed by atoms with Crippen LogP contribution in [-0.2, 0) is 25.6 Å². The number of aliphatic carboxylic acids is 1. The van der Waals surface area contributed by atoms with Crippen molar-refractivity contribution in [3.8, 4) is 0 Å². The van der Waals surface area contributed by atoms with Crippen molar-refractivity contribution in [3.05, 3.63) is 18.2 Å². The van der Waals surface area contributed by atoms with Gasteiger partial charge in [-0.2, -0.15) is 0 Å². The number of aromatic nitrogens is 2. The molecule has 1 aromatic rings. The molecule has 29 heavy (non-hydrogen) atoms. The van der Waals surface area contributed by atoms with Crippen LogP contribution in [0, 0.1) is 5.92 Å². The Morgan fingerprint density at radius 1 is 1.38 bits per heavy atom. The van der Waals surface area contributed by atoms with Crippen LogP contribution >= 0.6 is 0 Å². The van der Waals surface area contributed by atoms with Crippen LogP contribution in [0.4, 0.5) is 0 Å². The van der Waals surface area contributed by atoms with Gasteiger partial charge in [0, 0.05) is 24.9 Å². The summed E-state index contributed by atoms with van der Waals surface area (Å²) < 4.78 is 0. The molecule has 0 radical (unpaired) electrons. The number of amides is 3. The van der Waals surface area contributed by atoms with Crippen molar-refractivity contribution < 1.29 is 24.3 Å². The number of likely N-dealkylation sites (tertiary alicyclic amines) is 1. The highest BCUT2D eigenvalue weighted by Gasteiger charge is 2.39. The van der Waals surface area contributed by atoms with Crippen molar-refractivity contribution in [2.45, 2.75) is 51.2 Å². The standard InChI is InChI=1S/C18H28N6O5/c1-10(2)15(23-16(27)12(19)6-11-7-20-9-22-11)18(29)24-5-3-4-13(24)17(28)21-8-14(25)26/h7,9-10,12-13,15H,3-6,8,19H2,1-2H3,(H,20,22)(H,21,28)(H,23,27)(H,25,26). The summed E-state index contributed by atoms with van der Waals surface area (Å²) in [5.74, 6) is -2.75. The summed E-state index contributed by atoms with van der Waals surface area (Å²) in [5, 5.41) is 13.7. The minimum Gasteiger partial charge on any atom is -0.480 e. The Kier molecular flexibility index (Phi) is 7.71. The maximum atomic E-state index is 13.1. The van der Waals surface area contributed by atoms with E-state index >= 15 is 0 Å². The van der Waals surface area contributed by atoms with Gasteiger partial charge in [0.25, 0.3) is 0 Å². The van der Waals surface area contributed by atoms with Gasteiger partial charge >= 0.3 is 5.97 Å². The van der Waals surface area contributed by atoms with Gasteiger partial charge < -0.3 is 31.4 Å². The highest BCUT2D eigenvalue weighted by atomic mass is 16.4. The molecule has 1 fully saturated rings. The predicted molar refractivity (Wildman–Crippen MR) is 102 cm³/mol. The molecule has 2 heterocycles. The number of hydrogen-bond donors (Lipinski definition) is 5. The molecule has 0 aromatic carbocycles. The lowest BCUT2D eigenvalue weighted by Gasteiger charge is -2.31. The van der Waals surface area contributed by atoms with Crippen LogP contribution in [0.25, 0.3) is 0 Å². The molecule has 1 aromatic heterocycles. The van der Waals surface area contributed by atoms with Crippen molar-refractivity contribution >= 4 is 23.7 Å². The number of carbonyl (C=O) groups excluding carboxylic acids is 3. The fourth-order valence-corrected chi connectivity index (χ4v) is 3.26. The molecule has 11 heteroatoms. The number of rotatable bonds is 9. The largest absolute Gasteiger partial charge is 0.480 e. The van der Waals surface area contributed by atoms with E-state index in [0.717, 1.165) is 0 Å².